The van der Waals surface area contributed by atoms with Crippen molar-refractivity contribution < 1.29 is 19.5 Å². The van der Waals surface area contributed by atoms with Crippen LogP contribution in [0.4, 0.5) is 0 Å². The molecule has 29 heavy (non-hydrogen) atoms. The third-order valence-electron chi connectivity index (χ3n) is 5.14. The molecule has 0 aliphatic rings. The summed E-state index contributed by atoms with van der Waals surface area (Å²) in [6.07, 6.45) is 1.91. The second-order valence-corrected chi connectivity index (χ2v) is 7.24. The first kappa shape index (κ1) is 20.3. The molecule has 1 heterocycles. The van der Waals surface area contributed by atoms with Crippen molar-refractivity contribution in [3.05, 3.63) is 70.9 Å². The van der Waals surface area contributed by atoms with E-state index in [1.54, 1.807) is 12.3 Å². The average Bonchev–Trinajstić information content (AvgIpc) is 3.10. The van der Waals surface area contributed by atoms with E-state index in [1.807, 2.05) is 50.2 Å². The summed E-state index contributed by atoms with van der Waals surface area (Å²) in [5.74, 6) is -1.69. The molecule has 3 N–H and O–H groups in total. The lowest BCUT2D eigenvalue weighted by molar-refractivity contribution is -0.141. The summed E-state index contributed by atoms with van der Waals surface area (Å²) >= 11 is 0. The van der Waals surface area contributed by atoms with Gasteiger partial charge in [0.2, 0.25) is 5.91 Å². The summed E-state index contributed by atoms with van der Waals surface area (Å²) < 4.78 is 0. The number of amides is 1. The Morgan fingerprint density at radius 3 is 2.52 bits per heavy atom. The minimum atomic E-state index is -1.11. The Balaban J connectivity index is 1.60. The number of fused-ring (bicyclic) bond motifs is 1. The minimum Gasteiger partial charge on any atom is -0.480 e. The predicted octanol–water partition coefficient (Wildman–Crippen LogP) is 3.56. The zero-order valence-corrected chi connectivity index (χ0v) is 16.5. The molecule has 0 saturated heterocycles. The number of H-pyrrole nitrogens is 1. The van der Waals surface area contributed by atoms with E-state index in [0.717, 1.165) is 27.6 Å². The Labute approximate surface area is 168 Å². The van der Waals surface area contributed by atoms with Crippen LogP contribution in [-0.4, -0.2) is 33.8 Å². The molecule has 1 unspecified atom stereocenters. The van der Waals surface area contributed by atoms with Crippen LogP contribution in [0.3, 0.4) is 0 Å². The number of carboxylic acid groups (broad SMARTS) is 1. The van der Waals surface area contributed by atoms with E-state index < -0.39 is 17.9 Å². The maximum Gasteiger partial charge on any atom is 0.326 e. The Morgan fingerprint density at radius 1 is 1.03 bits per heavy atom. The van der Waals surface area contributed by atoms with Crippen molar-refractivity contribution >= 4 is 28.6 Å². The van der Waals surface area contributed by atoms with Crippen molar-refractivity contribution in [1.82, 2.24) is 10.3 Å². The second-order valence-electron chi connectivity index (χ2n) is 7.24. The quantitative estimate of drug-likeness (QED) is 0.510. The van der Waals surface area contributed by atoms with Gasteiger partial charge >= 0.3 is 5.97 Å². The Hall–Kier alpha value is -3.41. The monoisotopic (exact) mass is 392 g/mol. The smallest absolute Gasteiger partial charge is 0.326 e. The van der Waals surface area contributed by atoms with Crippen molar-refractivity contribution in [2.75, 3.05) is 0 Å². The summed E-state index contributed by atoms with van der Waals surface area (Å²) in [5.41, 5.74) is 4.41. The van der Waals surface area contributed by atoms with Crippen LogP contribution in [0.1, 0.15) is 39.9 Å². The fraction of sp³-hybridized carbons (Fsp3) is 0.261. The van der Waals surface area contributed by atoms with Gasteiger partial charge in [0.25, 0.3) is 0 Å². The van der Waals surface area contributed by atoms with Gasteiger partial charge < -0.3 is 15.4 Å². The van der Waals surface area contributed by atoms with E-state index in [4.69, 9.17) is 0 Å². The van der Waals surface area contributed by atoms with Gasteiger partial charge in [-0.2, -0.15) is 0 Å². The van der Waals surface area contributed by atoms with Gasteiger partial charge in [-0.1, -0.05) is 30.3 Å². The number of carbonyl (C=O) groups is 3. The number of benzene rings is 2. The molecule has 1 amide bonds. The number of rotatable bonds is 8. The molecule has 6 nitrogen and oxygen atoms in total. The van der Waals surface area contributed by atoms with Crippen molar-refractivity contribution in [3.8, 4) is 0 Å². The molecular weight excluding hydrogens is 368 g/mol. The molecule has 0 radical (unpaired) electrons. The lowest BCUT2D eigenvalue weighted by atomic mass is 10.0. The van der Waals surface area contributed by atoms with Crippen LogP contribution < -0.4 is 5.32 Å². The fourth-order valence-corrected chi connectivity index (χ4v) is 3.27. The molecule has 0 fully saturated rings. The van der Waals surface area contributed by atoms with Gasteiger partial charge in [-0.05, 0) is 42.7 Å². The molecule has 0 bridgehead atoms. The van der Waals surface area contributed by atoms with Crippen LogP contribution in [0.2, 0.25) is 0 Å². The summed E-state index contributed by atoms with van der Waals surface area (Å²) in [6.45, 7) is 3.90. The highest BCUT2D eigenvalue weighted by atomic mass is 16.4. The summed E-state index contributed by atoms with van der Waals surface area (Å²) in [6, 6.07) is 12.0. The van der Waals surface area contributed by atoms with Crippen LogP contribution in [0.25, 0.3) is 10.9 Å². The number of carbonyl (C=O) groups excluding carboxylic acids is 2. The summed E-state index contributed by atoms with van der Waals surface area (Å²) in [5, 5.41) is 13.0. The highest BCUT2D eigenvalue weighted by Crippen LogP contribution is 2.19. The SMILES string of the molecule is Cc1ccc(C(=O)CCC(=O)NC(Cc2c[nH]c3ccccc23)C(=O)O)cc1C. The normalized spacial score (nSPS) is 11.9. The van der Waals surface area contributed by atoms with Crippen LogP contribution >= 0.6 is 0 Å². The van der Waals surface area contributed by atoms with Crippen LogP contribution in [-0.2, 0) is 16.0 Å². The maximum atomic E-state index is 12.3. The molecule has 0 aliphatic heterocycles. The Bertz CT molecular complexity index is 1070. The Kier molecular flexibility index (Phi) is 6.12. The number of nitrogens with one attached hydrogen (secondary N) is 2. The van der Waals surface area contributed by atoms with Gasteiger partial charge in [0.15, 0.2) is 5.78 Å². The highest BCUT2D eigenvalue weighted by molar-refractivity contribution is 5.98. The maximum absolute atomic E-state index is 12.3. The van der Waals surface area contributed by atoms with Crippen LogP contribution in [0, 0.1) is 13.8 Å². The average molecular weight is 392 g/mol. The number of aromatic amines is 1. The molecule has 0 saturated carbocycles. The molecule has 150 valence electrons. The number of para-hydroxylation sites is 1. The topological polar surface area (TPSA) is 99.3 Å². The molecule has 0 spiro atoms. The number of aromatic nitrogens is 1. The van der Waals surface area contributed by atoms with E-state index in [2.05, 4.69) is 10.3 Å². The zero-order valence-electron chi connectivity index (χ0n) is 16.5. The van der Waals surface area contributed by atoms with Gasteiger partial charge in [-0.3, -0.25) is 9.59 Å². The summed E-state index contributed by atoms with van der Waals surface area (Å²) in [7, 11) is 0. The van der Waals surface area contributed by atoms with Crippen molar-refractivity contribution in [3.63, 3.8) is 0 Å². The van der Waals surface area contributed by atoms with Crippen molar-refractivity contribution in [2.45, 2.75) is 39.2 Å². The van der Waals surface area contributed by atoms with E-state index in [-0.39, 0.29) is 25.0 Å². The molecule has 3 rings (SSSR count). The molecule has 1 atom stereocenters. The number of hydrogen-bond donors (Lipinski definition) is 3. The first-order valence-electron chi connectivity index (χ1n) is 9.52. The lowest BCUT2D eigenvalue weighted by Crippen LogP contribution is -2.42. The molecular formula is C23H24N2O4. The van der Waals surface area contributed by atoms with Crippen LogP contribution in [0.15, 0.2) is 48.7 Å². The molecule has 6 heteroatoms. The number of Topliss-reactive ketones (excluding diaryl/α,β-unsaturated/α-hetero) is 1. The predicted molar refractivity (Wildman–Crippen MR) is 111 cm³/mol. The molecule has 3 aromatic rings. The molecule has 0 aliphatic carbocycles. The van der Waals surface area contributed by atoms with E-state index >= 15 is 0 Å². The van der Waals surface area contributed by atoms with Gasteiger partial charge in [0.1, 0.15) is 6.04 Å². The standard InChI is InChI=1S/C23H24N2O4/c1-14-7-8-16(11-15(14)2)21(26)9-10-22(27)25-20(23(28)29)12-17-13-24-19-6-4-3-5-18(17)19/h3-8,11,13,20,24H,9-10,12H2,1-2H3,(H,25,27)(H,28,29). The number of aliphatic carboxylic acids is 1. The lowest BCUT2D eigenvalue weighted by Gasteiger charge is -2.14. The van der Waals surface area contributed by atoms with Crippen molar-refractivity contribution in [2.24, 2.45) is 0 Å². The van der Waals surface area contributed by atoms with E-state index in [0.29, 0.717) is 5.56 Å². The largest absolute Gasteiger partial charge is 0.480 e. The highest BCUT2D eigenvalue weighted by Gasteiger charge is 2.22. The van der Waals surface area contributed by atoms with Crippen LogP contribution in [0.5, 0.6) is 0 Å². The van der Waals surface area contributed by atoms with E-state index in [9.17, 15) is 19.5 Å². The first-order valence-corrected chi connectivity index (χ1v) is 9.52. The van der Waals surface area contributed by atoms with Gasteiger partial charge in [0.05, 0.1) is 0 Å². The van der Waals surface area contributed by atoms with Gasteiger partial charge in [-0.25, -0.2) is 4.79 Å². The third-order valence-corrected chi connectivity index (χ3v) is 5.14. The number of aryl methyl sites for hydroxylation is 2. The van der Waals surface area contributed by atoms with E-state index in [1.165, 1.54) is 0 Å². The Morgan fingerprint density at radius 2 is 1.79 bits per heavy atom. The zero-order chi connectivity index (χ0) is 21.0. The number of ketones is 1. The minimum absolute atomic E-state index is 0.0355. The first-order chi connectivity index (χ1) is 13.8. The number of hydrogen-bond acceptors (Lipinski definition) is 3. The number of carboxylic acids is 1. The van der Waals surface area contributed by atoms with Gasteiger partial charge in [-0.15, -0.1) is 0 Å². The third kappa shape index (κ3) is 4.90. The van der Waals surface area contributed by atoms with Crippen molar-refractivity contribution in [1.29, 1.82) is 0 Å². The fourth-order valence-electron chi connectivity index (χ4n) is 3.27. The molecule has 1 aromatic heterocycles. The van der Waals surface area contributed by atoms with Gasteiger partial charge in [0, 0.05) is 41.9 Å². The second kappa shape index (κ2) is 8.73. The molecule has 2 aromatic carbocycles. The summed E-state index contributed by atoms with van der Waals surface area (Å²) in [4.78, 5) is 39.3.